The Bertz CT molecular complexity index is 909. The van der Waals surface area contributed by atoms with Gasteiger partial charge < -0.3 is 15.1 Å². The van der Waals surface area contributed by atoms with Crippen molar-refractivity contribution in [3.63, 3.8) is 0 Å². The predicted octanol–water partition coefficient (Wildman–Crippen LogP) is 3.60. The Morgan fingerprint density at radius 3 is 2.30 bits per heavy atom. The van der Waals surface area contributed by atoms with Crippen LogP contribution in [-0.2, 0) is 9.59 Å². The lowest BCUT2D eigenvalue weighted by Gasteiger charge is -2.38. The number of aromatic nitrogens is 1. The Hall–Kier alpha value is -2.86. The Morgan fingerprint density at radius 1 is 0.933 bits per heavy atom. The molecule has 0 saturated carbocycles. The molecule has 0 radical (unpaired) electrons. The highest BCUT2D eigenvalue weighted by molar-refractivity contribution is 6.30. The first kappa shape index (κ1) is 20.4. The highest BCUT2D eigenvalue weighted by Gasteiger charge is 2.37. The van der Waals surface area contributed by atoms with Crippen LogP contribution in [0.4, 0.5) is 11.5 Å². The predicted molar refractivity (Wildman–Crippen MR) is 118 cm³/mol. The van der Waals surface area contributed by atoms with Crippen LogP contribution in [0.1, 0.15) is 12.8 Å². The van der Waals surface area contributed by atoms with Crippen LogP contribution in [0.2, 0.25) is 5.02 Å². The molecule has 1 fully saturated rings. The smallest absolute Gasteiger partial charge is 0.228 e. The molecular formula is C23H25ClN4O2. The first-order valence-corrected chi connectivity index (χ1v) is 10.7. The number of rotatable bonds is 4. The van der Waals surface area contributed by atoms with E-state index in [1.807, 2.05) is 35.3 Å². The number of benzene rings is 1. The van der Waals surface area contributed by atoms with Crippen LogP contribution in [0.15, 0.2) is 60.8 Å². The second kappa shape index (κ2) is 9.30. The highest BCUT2D eigenvalue weighted by atomic mass is 35.5. The minimum Gasteiger partial charge on any atom is -0.353 e. The van der Waals surface area contributed by atoms with E-state index in [1.165, 1.54) is 0 Å². The Balaban J connectivity index is 1.39. The summed E-state index contributed by atoms with van der Waals surface area (Å²) in [6, 6.07) is 12.9. The fraction of sp³-hybridized carbons (Fsp3) is 0.348. The number of halogens is 1. The lowest BCUT2D eigenvalue weighted by Crippen LogP contribution is -2.52. The van der Waals surface area contributed by atoms with Gasteiger partial charge in [-0.1, -0.05) is 29.8 Å². The van der Waals surface area contributed by atoms with E-state index < -0.39 is 0 Å². The minimum absolute atomic E-state index is 0.0660. The van der Waals surface area contributed by atoms with Gasteiger partial charge in [-0.15, -0.1) is 0 Å². The van der Waals surface area contributed by atoms with Crippen LogP contribution in [0.3, 0.4) is 0 Å². The first-order chi connectivity index (χ1) is 14.6. The monoisotopic (exact) mass is 424 g/mol. The summed E-state index contributed by atoms with van der Waals surface area (Å²) < 4.78 is 0. The number of amides is 2. The molecular weight excluding hydrogens is 400 g/mol. The van der Waals surface area contributed by atoms with Crippen LogP contribution >= 0.6 is 11.6 Å². The molecule has 1 saturated heterocycles. The van der Waals surface area contributed by atoms with E-state index in [2.05, 4.69) is 15.2 Å². The molecule has 4 rings (SSSR count). The summed E-state index contributed by atoms with van der Waals surface area (Å²) in [4.78, 5) is 34.7. The van der Waals surface area contributed by atoms with Crippen molar-refractivity contribution in [3.8, 4) is 0 Å². The summed E-state index contributed by atoms with van der Waals surface area (Å²) in [5, 5.41) is 3.55. The van der Waals surface area contributed by atoms with Crippen molar-refractivity contribution in [1.29, 1.82) is 0 Å². The number of allylic oxidation sites excluding steroid dienone is 2. The van der Waals surface area contributed by atoms with Crippen molar-refractivity contribution in [2.45, 2.75) is 12.8 Å². The molecule has 1 aliphatic carbocycles. The number of nitrogens with zero attached hydrogens (tertiary/aromatic N) is 3. The number of carbonyl (C=O) groups is 2. The van der Waals surface area contributed by atoms with Crippen LogP contribution < -0.4 is 10.2 Å². The third-order valence-electron chi connectivity index (χ3n) is 5.76. The summed E-state index contributed by atoms with van der Waals surface area (Å²) in [6.45, 7) is 2.77. The van der Waals surface area contributed by atoms with Crippen molar-refractivity contribution >= 4 is 34.9 Å². The van der Waals surface area contributed by atoms with Gasteiger partial charge in [-0.3, -0.25) is 9.59 Å². The Kier molecular flexibility index (Phi) is 6.33. The SMILES string of the molecule is O=C(Nc1ccc(Cl)cc1)C1CC=CCC1C(=O)N1CCN(c2ccccn2)CC1. The molecule has 156 valence electrons. The Morgan fingerprint density at radius 2 is 1.63 bits per heavy atom. The van der Waals surface area contributed by atoms with Gasteiger partial charge in [0.15, 0.2) is 0 Å². The molecule has 2 aromatic rings. The maximum Gasteiger partial charge on any atom is 0.228 e. The van der Waals surface area contributed by atoms with Crippen molar-refractivity contribution < 1.29 is 9.59 Å². The molecule has 2 unspecified atom stereocenters. The molecule has 30 heavy (non-hydrogen) atoms. The molecule has 2 heterocycles. The van der Waals surface area contributed by atoms with Crippen molar-refractivity contribution in [2.24, 2.45) is 11.8 Å². The molecule has 7 heteroatoms. The third-order valence-corrected chi connectivity index (χ3v) is 6.01. The fourth-order valence-electron chi connectivity index (χ4n) is 4.08. The largest absolute Gasteiger partial charge is 0.353 e. The van der Waals surface area contributed by atoms with Gasteiger partial charge in [-0.05, 0) is 49.2 Å². The number of carbonyl (C=O) groups excluding carboxylic acids is 2. The summed E-state index contributed by atoms with van der Waals surface area (Å²) in [5.74, 6) is 0.185. The number of hydrogen-bond acceptors (Lipinski definition) is 4. The van der Waals surface area contributed by atoms with Gasteiger partial charge in [0.2, 0.25) is 11.8 Å². The third kappa shape index (κ3) is 4.65. The molecule has 0 spiro atoms. The van der Waals surface area contributed by atoms with Crippen molar-refractivity contribution in [1.82, 2.24) is 9.88 Å². The first-order valence-electron chi connectivity index (χ1n) is 10.3. The lowest BCUT2D eigenvalue weighted by molar-refractivity contribution is -0.141. The van der Waals surface area contributed by atoms with E-state index >= 15 is 0 Å². The topological polar surface area (TPSA) is 65.5 Å². The highest BCUT2D eigenvalue weighted by Crippen LogP contribution is 2.29. The molecule has 1 aromatic heterocycles. The number of hydrogen-bond donors (Lipinski definition) is 1. The maximum atomic E-state index is 13.3. The molecule has 2 aliphatic rings. The molecule has 0 bridgehead atoms. The van der Waals surface area contributed by atoms with Gasteiger partial charge in [0.1, 0.15) is 5.82 Å². The van der Waals surface area contributed by atoms with E-state index in [-0.39, 0.29) is 23.7 Å². The van der Waals surface area contributed by atoms with Gasteiger partial charge in [-0.2, -0.15) is 0 Å². The second-order valence-electron chi connectivity index (χ2n) is 7.65. The summed E-state index contributed by atoms with van der Waals surface area (Å²) in [6.07, 6.45) is 6.96. The van der Waals surface area contributed by atoms with Gasteiger partial charge >= 0.3 is 0 Å². The maximum absolute atomic E-state index is 13.3. The van der Waals surface area contributed by atoms with Crippen LogP contribution in [-0.4, -0.2) is 47.9 Å². The molecule has 1 aliphatic heterocycles. The second-order valence-corrected chi connectivity index (χ2v) is 8.09. The minimum atomic E-state index is -0.369. The van der Waals surface area contributed by atoms with Crippen LogP contribution in [0.5, 0.6) is 0 Å². The standard InChI is InChI=1S/C23H25ClN4O2/c24-17-8-10-18(11-9-17)26-22(29)19-5-1-2-6-20(19)23(30)28-15-13-27(14-16-28)21-7-3-4-12-25-21/h1-4,7-12,19-20H,5-6,13-16H2,(H,26,29). The van der Waals surface area contributed by atoms with Gasteiger partial charge in [0.25, 0.3) is 0 Å². The number of piperazine rings is 1. The lowest BCUT2D eigenvalue weighted by atomic mass is 9.81. The van der Waals surface area contributed by atoms with E-state index in [1.54, 1.807) is 30.5 Å². The molecule has 6 nitrogen and oxygen atoms in total. The van der Waals surface area contributed by atoms with E-state index in [9.17, 15) is 9.59 Å². The molecule has 2 amide bonds. The zero-order valence-corrected chi connectivity index (χ0v) is 17.5. The average Bonchev–Trinajstić information content (AvgIpc) is 2.81. The van der Waals surface area contributed by atoms with Crippen molar-refractivity contribution in [2.75, 3.05) is 36.4 Å². The van der Waals surface area contributed by atoms with Gasteiger partial charge in [-0.25, -0.2) is 4.98 Å². The summed E-state index contributed by atoms with van der Waals surface area (Å²) >= 11 is 5.92. The van der Waals surface area contributed by atoms with Gasteiger partial charge in [0, 0.05) is 43.1 Å². The zero-order valence-electron chi connectivity index (χ0n) is 16.7. The quantitative estimate of drug-likeness (QED) is 0.761. The van der Waals surface area contributed by atoms with E-state index in [4.69, 9.17) is 11.6 Å². The molecule has 1 N–H and O–H groups in total. The van der Waals surface area contributed by atoms with E-state index in [0.29, 0.717) is 36.6 Å². The van der Waals surface area contributed by atoms with Crippen LogP contribution in [0.25, 0.3) is 0 Å². The van der Waals surface area contributed by atoms with Gasteiger partial charge in [0.05, 0.1) is 11.8 Å². The van der Waals surface area contributed by atoms with Crippen LogP contribution in [0, 0.1) is 11.8 Å². The number of nitrogens with one attached hydrogen (secondary N) is 1. The molecule has 1 aromatic carbocycles. The van der Waals surface area contributed by atoms with E-state index in [0.717, 1.165) is 18.9 Å². The zero-order chi connectivity index (χ0) is 20.9. The fourth-order valence-corrected chi connectivity index (χ4v) is 4.20. The number of anilines is 2. The average molecular weight is 425 g/mol. The number of pyridine rings is 1. The van der Waals surface area contributed by atoms with Crippen molar-refractivity contribution in [3.05, 3.63) is 65.8 Å². The molecule has 2 atom stereocenters. The summed E-state index contributed by atoms with van der Waals surface area (Å²) in [7, 11) is 0. The summed E-state index contributed by atoms with van der Waals surface area (Å²) in [5.41, 5.74) is 0.689. The Labute approximate surface area is 181 Å². The normalized spacial score (nSPS) is 21.4.